The standard InChI is InChI=1S/C17H13NO3/c19-16-15(10-9-14-8-4-5-11-18(14)16)17(20)21-12-13-6-2-1-3-7-13/h1-11H,12H2. The first kappa shape index (κ1) is 13.1. The lowest BCUT2D eigenvalue weighted by Crippen LogP contribution is -2.22. The van der Waals surface area contributed by atoms with Crippen LogP contribution in [0.2, 0.25) is 0 Å². The minimum Gasteiger partial charge on any atom is -0.457 e. The first-order valence-corrected chi connectivity index (χ1v) is 6.57. The zero-order chi connectivity index (χ0) is 14.7. The quantitative estimate of drug-likeness (QED) is 0.692. The van der Waals surface area contributed by atoms with E-state index in [4.69, 9.17) is 4.74 Å². The number of ether oxygens (including phenoxy) is 1. The molecule has 0 aliphatic rings. The lowest BCUT2D eigenvalue weighted by Gasteiger charge is -2.06. The molecule has 0 bridgehead atoms. The van der Waals surface area contributed by atoms with E-state index in [1.165, 1.54) is 10.5 Å². The van der Waals surface area contributed by atoms with Crippen LogP contribution in [0.1, 0.15) is 15.9 Å². The van der Waals surface area contributed by atoms with Gasteiger partial charge in [-0.15, -0.1) is 0 Å². The van der Waals surface area contributed by atoms with Crippen LogP contribution in [0.5, 0.6) is 0 Å². The second-order valence-electron chi connectivity index (χ2n) is 4.61. The van der Waals surface area contributed by atoms with Crippen LogP contribution in [-0.2, 0) is 11.3 Å². The largest absolute Gasteiger partial charge is 0.457 e. The van der Waals surface area contributed by atoms with Crippen molar-refractivity contribution in [2.75, 3.05) is 0 Å². The second-order valence-corrected chi connectivity index (χ2v) is 4.61. The number of nitrogens with zero attached hydrogens (tertiary/aromatic N) is 1. The minimum absolute atomic E-state index is 0.0367. The fourth-order valence-corrected chi connectivity index (χ4v) is 2.10. The van der Waals surface area contributed by atoms with Gasteiger partial charge in [0.1, 0.15) is 12.2 Å². The molecule has 21 heavy (non-hydrogen) atoms. The molecule has 0 radical (unpaired) electrons. The van der Waals surface area contributed by atoms with Crippen molar-refractivity contribution in [3.63, 3.8) is 0 Å². The number of fused-ring (bicyclic) bond motifs is 1. The molecule has 4 heteroatoms. The molecule has 0 N–H and O–H groups in total. The van der Waals surface area contributed by atoms with Gasteiger partial charge in [-0.05, 0) is 29.8 Å². The summed E-state index contributed by atoms with van der Waals surface area (Å²) < 4.78 is 6.62. The molecular formula is C17H13NO3. The molecule has 104 valence electrons. The van der Waals surface area contributed by atoms with E-state index in [2.05, 4.69) is 0 Å². The van der Waals surface area contributed by atoms with Crippen molar-refractivity contribution in [3.8, 4) is 0 Å². The Morgan fingerprint density at radius 3 is 2.52 bits per heavy atom. The van der Waals surface area contributed by atoms with Gasteiger partial charge in [0.15, 0.2) is 0 Å². The van der Waals surface area contributed by atoms with Gasteiger partial charge in [0.05, 0.1) is 0 Å². The maximum Gasteiger partial charge on any atom is 0.344 e. The zero-order valence-corrected chi connectivity index (χ0v) is 11.2. The van der Waals surface area contributed by atoms with E-state index >= 15 is 0 Å². The third-order valence-corrected chi connectivity index (χ3v) is 3.19. The summed E-state index contributed by atoms with van der Waals surface area (Å²) in [5.41, 5.74) is 1.29. The summed E-state index contributed by atoms with van der Waals surface area (Å²) in [4.78, 5) is 24.3. The van der Waals surface area contributed by atoms with Gasteiger partial charge >= 0.3 is 5.97 Å². The van der Waals surface area contributed by atoms with Gasteiger partial charge in [-0.2, -0.15) is 0 Å². The van der Waals surface area contributed by atoms with Crippen LogP contribution >= 0.6 is 0 Å². The zero-order valence-electron chi connectivity index (χ0n) is 11.2. The molecule has 2 heterocycles. The summed E-state index contributed by atoms with van der Waals surface area (Å²) >= 11 is 0. The van der Waals surface area contributed by atoms with E-state index in [1.54, 1.807) is 24.4 Å². The summed E-state index contributed by atoms with van der Waals surface area (Å²) in [6, 6.07) is 18.0. The van der Waals surface area contributed by atoms with Crippen LogP contribution in [0.25, 0.3) is 5.52 Å². The molecule has 0 amide bonds. The Bertz CT molecular complexity index is 837. The van der Waals surface area contributed by atoms with Crippen molar-refractivity contribution in [1.82, 2.24) is 4.40 Å². The van der Waals surface area contributed by atoms with Gasteiger partial charge in [-0.25, -0.2) is 4.79 Å². The molecule has 4 nitrogen and oxygen atoms in total. The SMILES string of the molecule is O=C(OCc1ccccc1)c1ccc2ccccn2c1=O. The van der Waals surface area contributed by atoms with Gasteiger partial charge in [-0.3, -0.25) is 9.20 Å². The molecule has 0 aliphatic carbocycles. The molecule has 0 aliphatic heterocycles. The smallest absolute Gasteiger partial charge is 0.344 e. The number of hydrogen-bond donors (Lipinski definition) is 0. The van der Waals surface area contributed by atoms with Gasteiger partial charge in [0.2, 0.25) is 0 Å². The highest BCUT2D eigenvalue weighted by molar-refractivity contribution is 5.89. The molecule has 0 unspecified atom stereocenters. The summed E-state index contributed by atoms with van der Waals surface area (Å²) in [6.45, 7) is 0.149. The molecule has 0 atom stereocenters. The number of pyridine rings is 2. The van der Waals surface area contributed by atoms with Crippen molar-refractivity contribution in [1.29, 1.82) is 0 Å². The number of aromatic nitrogens is 1. The van der Waals surface area contributed by atoms with Crippen molar-refractivity contribution in [2.24, 2.45) is 0 Å². The van der Waals surface area contributed by atoms with Crippen LogP contribution in [-0.4, -0.2) is 10.4 Å². The topological polar surface area (TPSA) is 47.8 Å². The third kappa shape index (κ3) is 2.69. The maximum absolute atomic E-state index is 12.2. The summed E-state index contributed by atoms with van der Waals surface area (Å²) in [5.74, 6) is -0.609. The maximum atomic E-state index is 12.2. The molecule has 0 saturated heterocycles. The molecule has 3 aromatic rings. The number of carbonyl (C=O) groups excluding carboxylic acids is 1. The molecule has 1 aromatic carbocycles. The lowest BCUT2D eigenvalue weighted by atomic mass is 10.2. The Balaban J connectivity index is 1.85. The Labute approximate surface area is 121 Å². The highest BCUT2D eigenvalue weighted by Gasteiger charge is 2.13. The number of benzene rings is 1. The van der Waals surface area contributed by atoms with Gasteiger partial charge in [0, 0.05) is 11.7 Å². The van der Waals surface area contributed by atoms with Gasteiger partial charge < -0.3 is 4.74 Å². The highest BCUT2D eigenvalue weighted by Crippen LogP contribution is 2.06. The Morgan fingerprint density at radius 1 is 0.952 bits per heavy atom. The van der Waals surface area contributed by atoms with E-state index in [-0.39, 0.29) is 17.7 Å². The van der Waals surface area contributed by atoms with Crippen LogP contribution in [0.15, 0.2) is 71.7 Å². The second kappa shape index (κ2) is 5.63. The molecule has 2 aromatic heterocycles. The van der Waals surface area contributed by atoms with Crippen molar-refractivity contribution in [2.45, 2.75) is 6.61 Å². The van der Waals surface area contributed by atoms with Gasteiger partial charge in [0.25, 0.3) is 5.56 Å². The number of hydrogen-bond acceptors (Lipinski definition) is 3. The molecule has 3 rings (SSSR count). The van der Waals surface area contributed by atoms with Crippen molar-refractivity contribution < 1.29 is 9.53 Å². The average molecular weight is 279 g/mol. The monoisotopic (exact) mass is 279 g/mol. The lowest BCUT2D eigenvalue weighted by molar-refractivity contribution is 0.0470. The number of esters is 1. The van der Waals surface area contributed by atoms with E-state index < -0.39 is 5.97 Å². The summed E-state index contributed by atoms with van der Waals surface area (Å²) in [6.07, 6.45) is 1.63. The Morgan fingerprint density at radius 2 is 1.71 bits per heavy atom. The molecule has 0 spiro atoms. The van der Waals surface area contributed by atoms with Gasteiger partial charge in [-0.1, -0.05) is 36.4 Å². The predicted molar refractivity (Wildman–Crippen MR) is 79.2 cm³/mol. The first-order chi connectivity index (χ1) is 10.3. The average Bonchev–Trinajstić information content (AvgIpc) is 2.54. The van der Waals surface area contributed by atoms with E-state index in [9.17, 15) is 9.59 Å². The summed E-state index contributed by atoms with van der Waals surface area (Å²) in [7, 11) is 0. The molecular weight excluding hydrogens is 266 g/mol. The van der Waals surface area contributed by atoms with E-state index in [0.29, 0.717) is 0 Å². The van der Waals surface area contributed by atoms with Crippen LogP contribution in [0, 0.1) is 0 Å². The van der Waals surface area contributed by atoms with Crippen LogP contribution in [0.4, 0.5) is 0 Å². The van der Waals surface area contributed by atoms with Crippen LogP contribution in [0.3, 0.4) is 0 Å². The van der Waals surface area contributed by atoms with E-state index in [1.807, 2.05) is 36.4 Å². The number of carbonyl (C=O) groups is 1. The molecule has 0 fully saturated rings. The number of rotatable bonds is 3. The predicted octanol–water partition coefficient (Wildman–Crippen LogP) is 2.66. The normalized spacial score (nSPS) is 10.5. The molecule has 0 saturated carbocycles. The first-order valence-electron chi connectivity index (χ1n) is 6.57. The minimum atomic E-state index is -0.609. The highest BCUT2D eigenvalue weighted by atomic mass is 16.5. The van der Waals surface area contributed by atoms with Crippen molar-refractivity contribution >= 4 is 11.5 Å². The van der Waals surface area contributed by atoms with E-state index in [0.717, 1.165) is 11.1 Å². The Kier molecular flexibility index (Phi) is 3.51. The fourth-order valence-electron chi connectivity index (χ4n) is 2.10. The summed E-state index contributed by atoms with van der Waals surface area (Å²) in [5, 5.41) is 0. The fraction of sp³-hybridized carbons (Fsp3) is 0.0588. The third-order valence-electron chi connectivity index (χ3n) is 3.19. The Hall–Kier alpha value is -2.88. The van der Waals surface area contributed by atoms with Crippen LogP contribution < -0.4 is 5.56 Å². The van der Waals surface area contributed by atoms with Crippen molar-refractivity contribution in [3.05, 3.63) is 88.3 Å².